The van der Waals surface area contributed by atoms with E-state index in [4.69, 9.17) is 23.7 Å². The van der Waals surface area contributed by atoms with Crippen LogP contribution in [0.15, 0.2) is 22.6 Å². The van der Waals surface area contributed by atoms with Gasteiger partial charge in [-0.2, -0.15) is 0 Å². The summed E-state index contributed by atoms with van der Waals surface area (Å²) in [6.45, 7) is 8.36. The zero-order valence-corrected chi connectivity index (χ0v) is 16.5. The van der Waals surface area contributed by atoms with E-state index in [0.29, 0.717) is 48.4 Å². The first-order chi connectivity index (χ1) is 13.4. The summed E-state index contributed by atoms with van der Waals surface area (Å²) in [5.41, 5.74) is 0.402. The van der Waals surface area contributed by atoms with E-state index < -0.39 is 5.97 Å². The Bertz CT molecular complexity index is 814. The zero-order valence-electron chi connectivity index (χ0n) is 16.5. The fraction of sp³-hybridized carbons (Fsp3) is 0.400. The van der Waals surface area contributed by atoms with Crippen LogP contribution in [0.5, 0.6) is 17.2 Å². The van der Waals surface area contributed by atoms with Crippen LogP contribution in [0.4, 0.5) is 0 Å². The zero-order chi connectivity index (χ0) is 20.7. The molecule has 1 amide bonds. The Balaban J connectivity index is 2.23. The highest BCUT2D eigenvalue weighted by Crippen LogP contribution is 2.39. The number of carbonyl (C=O) groups excluding carboxylic acids is 1. The largest absolute Gasteiger partial charge is 0.490 e. The van der Waals surface area contributed by atoms with Gasteiger partial charge in [0, 0.05) is 5.56 Å². The number of aryl methyl sites for hydroxylation is 1. The van der Waals surface area contributed by atoms with E-state index in [9.17, 15) is 9.59 Å². The summed E-state index contributed by atoms with van der Waals surface area (Å²) in [7, 11) is 0. The molecule has 0 aliphatic carbocycles. The van der Waals surface area contributed by atoms with E-state index in [2.05, 4.69) is 5.32 Å². The minimum absolute atomic E-state index is 0.0497. The number of rotatable bonds is 10. The quantitative estimate of drug-likeness (QED) is 0.639. The average Bonchev–Trinajstić information content (AvgIpc) is 3.03. The van der Waals surface area contributed by atoms with Crippen molar-refractivity contribution in [1.29, 1.82) is 0 Å². The number of furan rings is 1. The third-order valence-electron chi connectivity index (χ3n) is 3.79. The number of amides is 1. The normalized spacial score (nSPS) is 10.4. The predicted octanol–water partition coefficient (Wildman–Crippen LogP) is 3.41. The number of ether oxygens (including phenoxy) is 3. The molecule has 0 saturated heterocycles. The van der Waals surface area contributed by atoms with Gasteiger partial charge in [-0.05, 0) is 45.9 Å². The van der Waals surface area contributed by atoms with Crippen LogP contribution >= 0.6 is 0 Å². The first kappa shape index (κ1) is 21.1. The molecule has 8 heteroatoms. The molecule has 2 N–H and O–H groups in total. The van der Waals surface area contributed by atoms with E-state index >= 15 is 0 Å². The second-order valence-electron chi connectivity index (χ2n) is 5.77. The standard InChI is InChI=1S/C20H25NO7/c1-5-25-16-8-13(9-17(26-6-2)18(16)27-7-3)19(22)21-11-14-10-15(20(23)24)12(4)28-14/h8-10H,5-7,11H2,1-4H3,(H,21,22)(H,23,24). The highest BCUT2D eigenvalue weighted by molar-refractivity contribution is 5.95. The Morgan fingerprint density at radius 3 is 2.04 bits per heavy atom. The van der Waals surface area contributed by atoms with Crippen molar-refractivity contribution in [1.82, 2.24) is 5.32 Å². The van der Waals surface area contributed by atoms with Crippen molar-refractivity contribution in [2.24, 2.45) is 0 Å². The number of benzene rings is 1. The molecule has 0 bridgehead atoms. The van der Waals surface area contributed by atoms with E-state index in [-0.39, 0.29) is 23.8 Å². The molecule has 0 saturated carbocycles. The molecular weight excluding hydrogens is 366 g/mol. The van der Waals surface area contributed by atoms with E-state index in [1.807, 2.05) is 20.8 Å². The number of hydrogen-bond donors (Lipinski definition) is 2. The highest BCUT2D eigenvalue weighted by atomic mass is 16.5. The molecule has 28 heavy (non-hydrogen) atoms. The number of carboxylic acid groups (broad SMARTS) is 1. The van der Waals surface area contributed by atoms with Gasteiger partial charge in [0.05, 0.1) is 26.4 Å². The van der Waals surface area contributed by atoms with Crippen molar-refractivity contribution < 1.29 is 33.3 Å². The fourth-order valence-corrected chi connectivity index (χ4v) is 2.63. The van der Waals surface area contributed by atoms with Gasteiger partial charge in [-0.1, -0.05) is 0 Å². The van der Waals surface area contributed by atoms with Gasteiger partial charge >= 0.3 is 5.97 Å². The maximum absolute atomic E-state index is 12.6. The average molecular weight is 391 g/mol. The lowest BCUT2D eigenvalue weighted by atomic mass is 10.1. The van der Waals surface area contributed by atoms with Gasteiger partial charge < -0.3 is 29.1 Å². The SMILES string of the molecule is CCOc1cc(C(=O)NCc2cc(C(=O)O)c(C)o2)cc(OCC)c1OCC. The second kappa shape index (κ2) is 9.68. The third kappa shape index (κ3) is 4.97. The van der Waals surface area contributed by atoms with Crippen LogP contribution in [0.25, 0.3) is 0 Å². The van der Waals surface area contributed by atoms with Crippen molar-refractivity contribution in [3.05, 3.63) is 40.8 Å². The van der Waals surface area contributed by atoms with Crippen molar-refractivity contribution in [2.75, 3.05) is 19.8 Å². The van der Waals surface area contributed by atoms with Crippen LogP contribution in [0.1, 0.15) is 53.0 Å². The van der Waals surface area contributed by atoms with Crippen LogP contribution in [-0.2, 0) is 6.54 Å². The number of nitrogens with one attached hydrogen (secondary N) is 1. The Labute approximate surface area is 163 Å². The summed E-state index contributed by atoms with van der Waals surface area (Å²) < 4.78 is 22.2. The van der Waals surface area contributed by atoms with Crippen molar-refractivity contribution in [3.63, 3.8) is 0 Å². The lowest BCUT2D eigenvalue weighted by molar-refractivity contribution is 0.0694. The van der Waals surface area contributed by atoms with Crippen LogP contribution in [0, 0.1) is 6.92 Å². The van der Waals surface area contributed by atoms with Crippen molar-refractivity contribution in [3.8, 4) is 17.2 Å². The Kier molecular flexibility index (Phi) is 7.31. The molecule has 0 fully saturated rings. The Hall–Kier alpha value is -3.16. The minimum Gasteiger partial charge on any atom is -0.490 e. The molecule has 2 aromatic rings. The van der Waals surface area contributed by atoms with Crippen LogP contribution in [0.2, 0.25) is 0 Å². The monoisotopic (exact) mass is 391 g/mol. The van der Waals surface area contributed by atoms with Gasteiger partial charge in [-0.15, -0.1) is 0 Å². The van der Waals surface area contributed by atoms with E-state index in [0.717, 1.165) is 0 Å². The van der Waals surface area contributed by atoms with E-state index in [1.54, 1.807) is 19.1 Å². The first-order valence-electron chi connectivity index (χ1n) is 9.08. The smallest absolute Gasteiger partial charge is 0.339 e. The molecule has 1 aromatic heterocycles. The Morgan fingerprint density at radius 2 is 1.57 bits per heavy atom. The second-order valence-corrected chi connectivity index (χ2v) is 5.77. The molecule has 152 valence electrons. The predicted molar refractivity (Wildman–Crippen MR) is 102 cm³/mol. The van der Waals surface area contributed by atoms with Crippen LogP contribution < -0.4 is 19.5 Å². The Morgan fingerprint density at radius 1 is 1.00 bits per heavy atom. The molecule has 0 atom stereocenters. The molecule has 2 rings (SSSR count). The molecule has 0 aliphatic rings. The summed E-state index contributed by atoms with van der Waals surface area (Å²) >= 11 is 0. The van der Waals surface area contributed by atoms with E-state index in [1.165, 1.54) is 6.07 Å². The molecule has 1 aromatic carbocycles. The molecule has 1 heterocycles. The third-order valence-corrected chi connectivity index (χ3v) is 3.79. The van der Waals surface area contributed by atoms with Gasteiger partial charge in [0.1, 0.15) is 17.1 Å². The molecule has 0 unspecified atom stereocenters. The van der Waals surface area contributed by atoms with Gasteiger partial charge in [0.25, 0.3) is 5.91 Å². The molecule has 0 aliphatic heterocycles. The summed E-state index contributed by atoms with van der Waals surface area (Å²) in [4.78, 5) is 23.7. The van der Waals surface area contributed by atoms with Gasteiger partial charge in [0.15, 0.2) is 11.5 Å². The first-order valence-corrected chi connectivity index (χ1v) is 9.08. The van der Waals surface area contributed by atoms with Crippen molar-refractivity contribution in [2.45, 2.75) is 34.2 Å². The molecule has 0 spiro atoms. The number of aromatic carboxylic acids is 1. The number of hydrogen-bond acceptors (Lipinski definition) is 6. The summed E-state index contributed by atoms with van der Waals surface area (Å²) in [5, 5.41) is 11.8. The molecular formula is C20H25NO7. The lowest BCUT2D eigenvalue weighted by Crippen LogP contribution is -2.22. The van der Waals surface area contributed by atoms with Crippen molar-refractivity contribution >= 4 is 11.9 Å². The highest BCUT2D eigenvalue weighted by Gasteiger charge is 2.19. The lowest BCUT2D eigenvalue weighted by Gasteiger charge is -2.17. The maximum Gasteiger partial charge on any atom is 0.339 e. The fourth-order valence-electron chi connectivity index (χ4n) is 2.63. The summed E-state index contributed by atoms with van der Waals surface area (Å²) in [6.07, 6.45) is 0. The minimum atomic E-state index is -1.08. The van der Waals surface area contributed by atoms with Gasteiger partial charge in [-0.25, -0.2) is 4.79 Å². The van der Waals surface area contributed by atoms with Gasteiger partial charge in [-0.3, -0.25) is 4.79 Å². The summed E-state index contributed by atoms with van der Waals surface area (Å²) in [5.74, 6) is 0.476. The van der Waals surface area contributed by atoms with Gasteiger partial charge in [0.2, 0.25) is 5.75 Å². The maximum atomic E-state index is 12.6. The van der Waals surface area contributed by atoms with Crippen LogP contribution in [-0.4, -0.2) is 36.8 Å². The number of carbonyl (C=O) groups is 2. The molecule has 8 nitrogen and oxygen atoms in total. The molecule has 0 radical (unpaired) electrons. The van der Waals surface area contributed by atoms with Crippen LogP contribution in [0.3, 0.4) is 0 Å². The summed E-state index contributed by atoms with van der Waals surface area (Å²) in [6, 6.07) is 4.57. The number of carboxylic acids is 1. The topological polar surface area (TPSA) is 107 Å².